The fourth-order valence-corrected chi connectivity index (χ4v) is 2.29. The maximum Gasteiger partial charge on any atom is 0.231 e. The Bertz CT molecular complexity index is 753. The second kappa shape index (κ2) is 4.45. The quantitative estimate of drug-likeness (QED) is 0.790. The van der Waals surface area contributed by atoms with Crippen LogP contribution in [0.1, 0.15) is 5.76 Å². The largest absolute Gasteiger partial charge is 0.467 e. The third-order valence-corrected chi connectivity index (χ3v) is 3.27. The molecule has 0 radical (unpaired) electrons. The van der Waals surface area contributed by atoms with Gasteiger partial charge in [-0.15, -0.1) is 0 Å². The molecule has 0 spiro atoms. The lowest BCUT2D eigenvalue weighted by Gasteiger charge is -2.08. The Morgan fingerprint density at radius 2 is 2.05 bits per heavy atom. The van der Waals surface area contributed by atoms with Crippen molar-refractivity contribution in [2.75, 3.05) is 12.1 Å². The molecule has 0 atom stereocenters. The van der Waals surface area contributed by atoms with Gasteiger partial charge in [0, 0.05) is 11.6 Å². The van der Waals surface area contributed by atoms with Crippen LogP contribution in [0.3, 0.4) is 0 Å². The summed E-state index contributed by atoms with van der Waals surface area (Å²) in [5, 5.41) is 5.34. The minimum Gasteiger partial charge on any atom is -0.467 e. The van der Waals surface area contributed by atoms with Gasteiger partial charge in [-0.1, -0.05) is 0 Å². The monoisotopic (exact) mass is 268 g/mol. The number of fused-ring (bicyclic) bond motifs is 2. The van der Waals surface area contributed by atoms with Gasteiger partial charge in [-0.25, -0.2) is 4.98 Å². The zero-order valence-corrected chi connectivity index (χ0v) is 10.6. The molecule has 0 bridgehead atoms. The molecule has 5 nitrogen and oxygen atoms in total. The first-order valence-electron chi connectivity index (χ1n) is 6.35. The number of benzene rings is 1. The third-order valence-electron chi connectivity index (χ3n) is 3.27. The summed E-state index contributed by atoms with van der Waals surface area (Å²) < 4.78 is 16.1. The number of nitrogens with zero attached hydrogens (tertiary/aromatic N) is 1. The van der Waals surface area contributed by atoms with Crippen LogP contribution >= 0.6 is 0 Å². The number of pyridine rings is 1. The van der Waals surface area contributed by atoms with Crippen LogP contribution in [0.15, 0.2) is 47.2 Å². The number of hydrogen-bond acceptors (Lipinski definition) is 5. The van der Waals surface area contributed by atoms with Gasteiger partial charge in [-0.05, 0) is 35.7 Å². The van der Waals surface area contributed by atoms with E-state index in [0.29, 0.717) is 6.54 Å². The van der Waals surface area contributed by atoms with Crippen LogP contribution in [-0.4, -0.2) is 11.8 Å². The van der Waals surface area contributed by atoms with Gasteiger partial charge < -0.3 is 19.2 Å². The summed E-state index contributed by atoms with van der Waals surface area (Å²) in [6, 6.07) is 9.67. The number of nitrogens with one attached hydrogen (secondary N) is 1. The lowest BCUT2D eigenvalue weighted by Crippen LogP contribution is -2.00. The maximum absolute atomic E-state index is 5.42. The van der Waals surface area contributed by atoms with Crippen molar-refractivity contribution in [2.45, 2.75) is 6.54 Å². The normalized spacial score (nSPS) is 12.8. The van der Waals surface area contributed by atoms with Gasteiger partial charge >= 0.3 is 0 Å². The number of hydrogen-bond donors (Lipinski definition) is 1. The fraction of sp³-hybridized carbons (Fsp3) is 0.133. The van der Waals surface area contributed by atoms with Crippen LogP contribution < -0.4 is 14.8 Å². The summed E-state index contributed by atoms with van der Waals surface area (Å²) in [7, 11) is 0. The van der Waals surface area contributed by atoms with Crippen molar-refractivity contribution in [3.63, 3.8) is 0 Å². The summed E-state index contributed by atoms with van der Waals surface area (Å²) in [5.41, 5.74) is 0. The SMILES string of the molecule is c1coc(CNc2nccc3cc4c(cc23)OCO4)c1. The molecule has 0 saturated heterocycles. The second-order valence-electron chi connectivity index (χ2n) is 4.52. The van der Waals surface area contributed by atoms with E-state index in [2.05, 4.69) is 10.3 Å². The molecule has 5 heteroatoms. The Balaban J connectivity index is 1.71. The van der Waals surface area contributed by atoms with E-state index in [-0.39, 0.29) is 6.79 Å². The van der Waals surface area contributed by atoms with E-state index in [0.717, 1.165) is 33.8 Å². The Morgan fingerprint density at radius 3 is 2.90 bits per heavy atom. The predicted octanol–water partition coefficient (Wildman–Crippen LogP) is 3.17. The molecule has 2 aromatic heterocycles. The lowest BCUT2D eigenvalue weighted by atomic mass is 10.1. The van der Waals surface area contributed by atoms with Gasteiger partial charge in [0.1, 0.15) is 11.6 Å². The van der Waals surface area contributed by atoms with Gasteiger partial charge in [0.05, 0.1) is 12.8 Å². The number of ether oxygens (including phenoxy) is 2. The predicted molar refractivity (Wildman–Crippen MR) is 73.9 cm³/mol. The van der Waals surface area contributed by atoms with Gasteiger partial charge in [0.25, 0.3) is 0 Å². The Kier molecular flexibility index (Phi) is 2.48. The highest BCUT2D eigenvalue weighted by molar-refractivity contribution is 5.94. The first-order chi connectivity index (χ1) is 9.90. The molecule has 100 valence electrons. The molecule has 1 aromatic carbocycles. The Hall–Kier alpha value is -2.69. The van der Waals surface area contributed by atoms with E-state index in [1.165, 1.54) is 0 Å². The molecule has 0 saturated carbocycles. The average Bonchev–Trinajstić information content (AvgIpc) is 3.13. The summed E-state index contributed by atoms with van der Waals surface area (Å²) in [6.45, 7) is 0.863. The van der Waals surface area contributed by atoms with Gasteiger partial charge in [-0.2, -0.15) is 0 Å². The lowest BCUT2D eigenvalue weighted by molar-refractivity contribution is 0.174. The molecule has 4 rings (SSSR count). The molecule has 1 aliphatic heterocycles. The van der Waals surface area contributed by atoms with Crippen molar-refractivity contribution in [1.82, 2.24) is 4.98 Å². The van der Waals surface area contributed by atoms with Gasteiger partial charge in [0.15, 0.2) is 11.5 Å². The minimum absolute atomic E-state index is 0.272. The molecule has 0 aliphatic carbocycles. The summed E-state index contributed by atoms with van der Waals surface area (Å²) in [4.78, 5) is 4.38. The summed E-state index contributed by atoms with van der Waals surface area (Å²) >= 11 is 0. The number of aromatic nitrogens is 1. The Labute approximate surface area is 115 Å². The second-order valence-corrected chi connectivity index (χ2v) is 4.52. The number of rotatable bonds is 3. The van der Waals surface area contributed by atoms with Crippen LogP contribution in [0, 0.1) is 0 Å². The number of anilines is 1. The highest BCUT2D eigenvalue weighted by Crippen LogP contribution is 2.37. The molecule has 1 N–H and O–H groups in total. The molecule has 0 amide bonds. The smallest absolute Gasteiger partial charge is 0.231 e. The van der Waals surface area contributed by atoms with E-state index in [1.807, 2.05) is 30.3 Å². The number of furan rings is 1. The van der Waals surface area contributed by atoms with Crippen LogP contribution in [0.4, 0.5) is 5.82 Å². The summed E-state index contributed by atoms with van der Waals surface area (Å²) in [6.07, 6.45) is 3.43. The fourth-order valence-electron chi connectivity index (χ4n) is 2.29. The van der Waals surface area contributed by atoms with Crippen LogP contribution in [-0.2, 0) is 6.54 Å². The Morgan fingerprint density at radius 1 is 1.15 bits per heavy atom. The average molecular weight is 268 g/mol. The molecule has 0 unspecified atom stereocenters. The molecule has 0 fully saturated rings. The van der Waals surface area contributed by atoms with E-state index < -0.39 is 0 Å². The topological polar surface area (TPSA) is 56.5 Å². The maximum atomic E-state index is 5.42. The van der Waals surface area contributed by atoms with Crippen molar-refractivity contribution >= 4 is 16.6 Å². The summed E-state index contributed by atoms with van der Waals surface area (Å²) in [5.74, 6) is 3.20. The van der Waals surface area contributed by atoms with Crippen molar-refractivity contribution in [3.05, 3.63) is 48.6 Å². The first-order valence-corrected chi connectivity index (χ1v) is 6.35. The highest BCUT2D eigenvalue weighted by atomic mass is 16.7. The van der Waals surface area contributed by atoms with Crippen LogP contribution in [0.2, 0.25) is 0 Å². The van der Waals surface area contributed by atoms with Gasteiger partial charge in [-0.3, -0.25) is 0 Å². The van der Waals surface area contributed by atoms with E-state index in [4.69, 9.17) is 13.9 Å². The molecule has 3 aromatic rings. The zero-order valence-electron chi connectivity index (χ0n) is 10.6. The third kappa shape index (κ3) is 1.84. The standard InChI is InChI=1S/C15H12N2O3/c1-2-11(18-5-1)8-17-15-12-7-14-13(19-9-20-14)6-10(12)3-4-16-15/h1-7H,8-9H2,(H,16,17). The van der Waals surface area contributed by atoms with Crippen molar-refractivity contribution in [2.24, 2.45) is 0 Å². The molecule has 20 heavy (non-hydrogen) atoms. The zero-order chi connectivity index (χ0) is 13.4. The van der Waals surface area contributed by atoms with Crippen molar-refractivity contribution in [1.29, 1.82) is 0 Å². The highest BCUT2D eigenvalue weighted by Gasteiger charge is 2.15. The van der Waals surface area contributed by atoms with Crippen LogP contribution in [0.5, 0.6) is 11.5 Å². The van der Waals surface area contributed by atoms with E-state index >= 15 is 0 Å². The van der Waals surface area contributed by atoms with E-state index in [1.54, 1.807) is 12.5 Å². The van der Waals surface area contributed by atoms with Crippen molar-refractivity contribution < 1.29 is 13.9 Å². The molecule has 1 aliphatic rings. The molecular formula is C15H12N2O3. The van der Waals surface area contributed by atoms with E-state index in [9.17, 15) is 0 Å². The van der Waals surface area contributed by atoms with Crippen molar-refractivity contribution in [3.8, 4) is 11.5 Å². The van der Waals surface area contributed by atoms with Crippen LogP contribution in [0.25, 0.3) is 10.8 Å². The minimum atomic E-state index is 0.272. The first kappa shape index (κ1) is 11.2. The molecule has 3 heterocycles. The molecular weight excluding hydrogens is 256 g/mol. The van der Waals surface area contributed by atoms with Gasteiger partial charge in [0.2, 0.25) is 6.79 Å².